The van der Waals surface area contributed by atoms with Crippen LogP contribution in [0.3, 0.4) is 0 Å². The molecule has 1 aliphatic heterocycles. The zero-order valence-corrected chi connectivity index (χ0v) is 19.3. The van der Waals surface area contributed by atoms with Crippen LogP contribution < -0.4 is 16.0 Å². The minimum atomic E-state index is -0.769. The average Bonchev–Trinajstić information content (AvgIpc) is 3.27. The van der Waals surface area contributed by atoms with Gasteiger partial charge in [0.25, 0.3) is 5.91 Å². The lowest BCUT2D eigenvalue weighted by Gasteiger charge is -2.27. The van der Waals surface area contributed by atoms with Crippen LogP contribution in [0.2, 0.25) is 0 Å². The molecule has 3 amide bonds. The molecule has 0 radical (unpaired) electrons. The van der Waals surface area contributed by atoms with Gasteiger partial charge in [0.1, 0.15) is 12.3 Å². The van der Waals surface area contributed by atoms with Gasteiger partial charge in [0.15, 0.2) is 0 Å². The topological polar surface area (TPSA) is 117 Å². The summed E-state index contributed by atoms with van der Waals surface area (Å²) in [6.45, 7) is 0.586. The fourth-order valence-electron chi connectivity index (χ4n) is 5.03. The van der Waals surface area contributed by atoms with Crippen molar-refractivity contribution in [2.75, 3.05) is 6.54 Å². The van der Waals surface area contributed by atoms with Gasteiger partial charge in [-0.25, -0.2) is 0 Å². The van der Waals surface area contributed by atoms with Gasteiger partial charge in [-0.3, -0.25) is 19.4 Å². The molecule has 1 aliphatic carbocycles. The number of hydrogen-bond acceptors (Lipinski definition) is 5. The van der Waals surface area contributed by atoms with Gasteiger partial charge in [-0.1, -0.05) is 50.3 Å². The number of pyridine rings is 1. The minimum absolute atomic E-state index is 0.0861. The maximum absolute atomic E-state index is 13.2. The number of amides is 3. The molecule has 8 nitrogen and oxygen atoms in total. The predicted octanol–water partition coefficient (Wildman–Crippen LogP) is 2.51. The first-order chi connectivity index (χ1) is 16.5. The van der Waals surface area contributed by atoms with E-state index in [1.165, 1.54) is 12.6 Å². The number of para-hydroxylation sites is 1. The first kappa shape index (κ1) is 23.9. The average molecular weight is 465 g/mol. The molecule has 1 saturated heterocycles. The molecular weight excluding hydrogens is 432 g/mol. The highest BCUT2D eigenvalue weighted by molar-refractivity contribution is 6.00. The van der Waals surface area contributed by atoms with Gasteiger partial charge in [-0.15, -0.1) is 0 Å². The molecule has 8 heteroatoms. The summed E-state index contributed by atoms with van der Waals surface area (Å²) < 4.78 is 0. The van der Waals surface area contributed by atoms with Gasteiger partial charge in [0.05, 0.1) is 17.1 Å². The van der Waals surface area contributed by atoms with Crippen molar-refractivity contribution < 1.29 is 19.2 Å². The van der Waals surface area contributed by atoms with Gasteiger partial charge in [-0.2, -0.15) is 0 Å². The fraction of sp³-hybridized carbons (Fsp3) is 0.500. The van der Waals surface area contributed by atoms with Crippen LogP contribution in [0, 0.1) is 11.8 Å². The number of aromatic nitrogens is 1. The van der Waals surface area contributed by atoms with E-state index in [4.69, 9.17) is 0 Å². The largest absolute Gasteiger partial charge is 0.356 e. The molecule has 0 unspecified atom stereocenters. The third kappa shape index (κ3) is 5.98. The standard InChI is InChI=1S/C26H32N4O4/c31-16-21(14-19-10-11-27-24(19)32)29-26(34)23(12-17-6-2-1-3-7-17)30-25(33)20-13-18-8-4-5-9-22(18)28-15-20/h4-5,8-9,13,15-17,19,21,23H,1-3,6-7,10-12,14H2,(H,27,32)(H,29,34)(H,30,33)/t19-,21-,23-/m0/s1. The number of carbonyl (C=O) groups excluding carboxylic acids is 4. The highest BCUT2D eigenvalue weighted by atomic mass is 16.2. The number of carbonyl (C=O) groups is 4. The van der Waals surface area contributed by atoms with Crippen LogP contribution in [0.5, 0.6) is 0 Å². The maximum atomic E-state index is 13.2. The normalized spacial score (nSPS) is 20.4. The lowest BCUT2D eigenvalue weighted by atomic mass is 9.84. The van der Waals surface area contributed by atoms with Gasteiger partial charge >= 0.3 is 0 Å². The second kappa shape index (κ2) is 11.2. The third-order valence-corrected chi connectivity index (χ3v) is 6.96. The molecule has 2 heterocycles. The number of hydrogen-bond donors (Lipinski definition) is 3. The van der Waals surface area contributed by atoms with Crippen molar-refractivity contribution in [3.63, 3.8) is 0 Å². The zero-order valence-electron chi connectivity index (χ0n) is 19.3. The summed E-state index contributed by atoms with van der Waals surface area (Å²) >= 11 is 0. The molecule has 1 aromatic heterocycles. The zero-order chi connectivity index (χ0) is 23.9. The van der Waals surface area contributed by atoms with E-state index in [1.54, 1.807) is 6.07 Å². The van der Waals surface area contributed by atoms with Gasteiger partial charge in [0, 0.05) is 24.0 Å². The van der Waals surface area contributed by atoms with E-state index in [0.717, 1.165) is 36.6 Å². The third-order valence-electron chi connectivity index (χ3n) is 6.96. The summed E-state index contributed by atoms with van der Waals surface area (Å²) in [6.07, 6.45) is 9.11. The van der Waals surface area contributed by atoms with Crippen LogP contribution in [0.4, 0.5) is 0 Å². The Labute approximate surface area is 199 Å². The molecule has 34 heavy (non-hydrogen) atoms. The van der Waals surface area contributed by atoms with Crippen molar-refractivity contribution >= 4 is 34.9 Å². The number of fused-ring (bicyclic) bond motifs is 1. The molecule has 3 N–H and O–H groups in total. The van der Waals surface area contributed by atoms with Crippen molar-refractivity contribution in [3.8, 4) is 0 Å². The molecule has 2 fully saturated rings. The molecule has 0 spiro atoms. The second-order valence-corrected chi connectivity index (χ2v) is 9.45. The molecule has 4 rings (SSSR count). The molecule has 3 atom stereocenters. The summed E-state index contributed by atoms with van der Waals surface area (Å²) in [5.41, 5.74) is 1.18. The van der Waals surface area contributed by atoms with Crippen LogP contribution in [-0.2, 0) is 14.4 Å². The van der Waals surface area contributed by atoms with Crippen LogP contribution >= 0.6 is 0 Å². The summed E-state index contributed by atoms with van der Waals surface area (Å²) in [4.78, 5) is 54.2. The highest BCUT2D eigenvalue weighted by Gasteiger charge is 2.31. The molecule has 2 aliphatic rings. The quantitative estimate of drug-likeness (QED) is 0.493. The van der Waals surface area contributed by atoms with Crippen molar-refractivity contribution in [1.82, 2.24) is 20.9 Å². The van der Waals surface area contributed by atoms with Crippen LogP contribution in [0.15, 0.2) is 36.5 Å². The van der Waals surface area contributed by atoms with Gasteiger partial charge < -0.3 is 20.7 Å². The van der Waals surface area contributed by atoms with Crippen molar-refractivity contribution in [2.24, 2.45) is 11.8 Å². The summed E-state index contributed by atoms with van der Waals surface area (Å²) in [5, 5.41) is 9.27. The summed E-state index contributed by atoms with van der Waals surface area (Å²) in [7, 11) is 0. The van der Waals surface area contributed by atoms with Crippen LogP contribution in [-0.4, -0.2) is 47.6 Å². The number of benzene rings is 1. The molecular formula is C26H32N4O4. The fourth-order valence-corrected chi connectivity index (χ4v) is 5.03. The van der Waals surface area contributed by atoms with Crippen molar-refractivity contribution in [3.05, 3.63) is 42.1 Å². The van der Waals surface area contributed by atoms with E-state index in [1.807, 2.05) is 24.3 Å². The molecule has 0 bridgehead atoms. The monoisotopic (exact) mass is 464 g/mol. The smallest absolute Gasteiger partial charge is 0.253 e. The Bertz CT molecular complexity index is 1050. The van der Waals surface area contributed by atoms with Crippen LogP contribution in [0.25, 0.3) is 10.9 Å². The molecule has 1 aromatic carbocycles. The van der Waals surface area contributed by atoms with E-state index in [9.17, 15) is 19.2 Å². The summed E-state index contributed by atoms with van der Waals surface area (Å²) in [5.74, 6) is -0.785. The van der Waals surface area contributed by atoms with Gasteiger partial charge in [-0.05, 0) is 37.3 Å². The Kier molecular flexibility index (Phi) is 7.87. The van der Waals surface area contributed by atoms with E-state index >= 15 is 0 Å². The number of rotatable bonds is 9. The molecule has 2 aromatic rings. The number of nitrogens with one attached hydrogen (secondary N) is 3. The van der Waals surface area contributed by atoms with E-state index < -0.39 is 12.1 Å². The first-order valence-corrected chi connectivity index (χ1v) is 12.2. The highest BCUT2D eigenvalue weighted by Crippen LogP contribution is 2.27. The lowest BCUT2D eigenvalue weighted by Crippen LogP contribution is -2.51. The minimum Gasteiger partial charge on any atom is -0.356 e. The maximum Gasteiger partial charge on any atom is 0.253 e. The Hall–Kier alpha value is -3.29. The van der Waals surface area contributed by atoms with E-state index in [-0.39, 0.29) is 30.1 Å². The summed E-state index contributed by atoms with van der Waals surface area (Å²) in [6, 6.07) is 7.77. The molecule has 1 saturated carbocycles. The second-order valence-electron chi connectivity index (χ2n) is 9.45. The number of nitrogens with zero attached hydrogens (tertiary/aromatic N) is 1. The Morgan fingerprint density at radius 1 is 1.09 bits per heavy atom. The Morgan fingerprint density at radius 3 is 2.62 bits per heavy atom. The van der Waals surface area contributed by atoms with Crippen molar-refractivity contribution in [1.29, 1.82) is 0 Å². The number of aldehydes is 1. The van der Waals surface area contributed by atoms with E-state index in [2.05, 4.69) is 20.9 Å². The SMILES string of the molecule is O=C[C@H](C[C@@H]1CCNC1=O)NC(=O)[C@H](CC1CCCCC1)NC(=O)c1cnc2ccccc2c1. The molecule has 180 valence electrons. The Morgan fingerprint density at radius 2 is 1.88 bits per heavy atom. The Balaban J connectivity index is 1.46. The van der Waals surface area contributed by atoms with Crippen LogP contribution in [0.1, 0.15) is 61.7 Å². The van der Waals surface area contributed by atoms with Gasteiger partial charge in [0.2, 0.25) is 11.8 Å². The lowest BCUT2D eigenvalue weighted by molar-refractivity contribution is -0.127. The first-order valence-electron chi connectivity index (χ1n) is 12.2. The van der Waals surface area contributed by atoms with Crippen molar-refractivity contribution in [2.45, 2.75) is 63.5 Å². The van der Waals surface area contributed by atoms with E-state index in [0.29, 0.717) is 37.2 Å². The predicted molar refractivity (Wildman–Crippen MR) is 128 cm³/mol.